The zero-order chi connectivity index (χ0) is 23.1. The minimum absolute atomic E-state index is 0.0505. The molecule has 0 atom stereocenters. The summed E-state index contributed by atoms with van der Waals surface area (Å²) in [6.45, 7) is 0.246. The van der Waals surface area contributed by atoms with Crippen LogP contribution >= 0.6 is 0 Å². The van der Waals surface area contributed by atoms with Crippen LogP contribution in [0.4, 0.5) is 4.39 Å². The van der Waals surface area contributed by atoms with E-state index < -0.39 is 21.7 Å². The van der Waals surface area contributed by atoms with E-state index in [1.54, 1.807) is 18.2 Å². The standard InChI is InChI=1S/C24H25FN2O4S/c1-27(17-20-10-6-7-11-21(20)25)24(28)19-12-13-22(31-2)23(16-19)32(29,30)26-15-14-18-8-4-3-5-9-18/h3-13,16,26H,14-15,17H2,1-2H3. The maximum absolute atomic E-state index is 13.9. The summed E-state index contributed by atoms with van der Waals surface area (Å²) in [5.41, 5.74) is 1.53. The smallest absolute Gasteiger partial charge is 0.253 e. The largest absolute Gasteiger partial charge is 0.495 e. The van der Waals surface area contributed by atoms with Gasteiger partial charge in [-0.25, -0.2) is 17.5 Å². The molecule has 32 heavy (non-hydrogen) atoms. The molecule has 0 heterocycles. The SMILES string of the molecule is COc1ccc(C(=O)N(C)Cc2ccccc2F)cc1S(=O)(=O)NCCc1ccccc1. The molecular formula is C24H25FN2O4S. The first-order valence-corrected chi connectivity index (χ1v) is 11.5. The van der Waals surface area contributed by atoms with Crippen LogP contribution in [0.5, 0.6) is 5.75 Å². The molecule has 6 nitrogen and oxygen atoms in total. The molecule has 0 aliphatic carbocycles. The number of nitrogens with one attached hydrogen (secondary N) is 1. The predicted molar refractivity (Wildman–Crippen MR) is 121 cm³/mol. The Balaban J connectivity index is 1.77. The van der Waals surface area contributed by atoms with Crippen LogP contribution in [-0.4, -0.2) is 39.9 Å². The van der Waals surface area contributed by atoms with Gasteiger partial charge in [0.25, 0.3) is 5.91 Å². The number of ether oxygens (including phenoxy) is 1. The van der Waals surface area contributed by atoms with Crippen molar-refractivity contribution >= 4 is 15.9 Å². The Morgan fingerprint density at radius 1 is 1.03 bits per heavy atom. The highest BCUT2D eigenvalue weighted by atomic mass is 32.2. The van der Waals surface area contributed by atoms with Gasteiger partial charge in [0.2, 0.25) is 10.0 Å². The summed E-state index contributed by atoms with van der Waals surface area (Å²) < 4.78 is 47.5. The van der Waals surface area contributed by atoms with Gasteiger partial charge in [0.05, 0.1) is 7.11 Å². The Bertz CT molecular complexity index is 1180. The molecule has 3 rings (SSSR count). The quantitative estimate of drug-likeness (QED) is 0.534. The summed E-state index contributed by atoms with van der Waals surface area (Å²) in [5, 5.41) is 0. The molecule has 1 amide bonds. The average molecular weight is 457 g/mol. The van der Waals surface area contributed by atoms with Crippen LogP contribution in [0.2, 0.25) is 0 Å². The second-order valence-corrected chi connectivity index (χ2v) is 8.99. The zero-order valence-corrected chi connectivity index (χ0v) is 18.7. The van der Waals surface area contributed by atoms with E-state index in [1.807, 2.05) is 30.3 Å². The van der Waals surface area contributed by atoms with Crippen LogP contribution < -0.4 is 9.46 Å². The van der Waals surface area contributed by atoms with E-state index in [2.05, 4.69) is 4.72 Å². The van der Waals surface area contributed by atoms with E-state index >= 15 is 0 Å². The van der Waals surface area contributed by atoms with Gasteiger partial charge < -0.3 is 9.64 Å². The van der Waals surface area contributed by atoms with Crippen molar-refractivity contribution in [3.05, 3.63) is 95.3 Å². The van der Waals surface area contributed by atoms with Crippen molar-refractivity contribution in [1.82, 2.24) is 9.62 Å². The third-order valence-electron chi connectivity index (χ3n) is 4.96. The van der Waals surface area contributed by atoms with Crippen LogP contribution in [0.25, 0.3) is 0 Å². The highest BCUT2D eigenvalue weighted by Crippen LogP contribution is 2.25. The lowest BCUT2D eigenvalue weighted by Gasteiger charge is -2.19. The van der Waals surface area contributed by atoms with Gasteiger partial charge in [-0.2, -0.15) is 0 Å². The van der Waals surface area contributed by atoms with E-state index in [1.165, 1.54) is 43.3 Å². The number of hydrogen-bond acceptors (Lipinski definition) is 4. The number of hydrogen-bond donors (Lipinski definition) is 1. The highest BCUT2D eigenvalue weighted by Gasteiger charge is 2.23. The van der Waals surface area contributed by atoms with Crippen molar-refractivity contribution in [1.29, 1.82) is 0 Å². The molecule has 3 aromatic rings. The number of nitrogens with zero attached hydrogens (tertiary/aromatic N) is 1. The minimum Gasteiger partial charge on any atom is -0.495 e. The van der Waals surface area contributed by atoms with E-state index in [9.17, 15) is 17.6 Å². The molecule has 0 aliphatic heterocycles. The van der Waals surface area contributed by atoms with Crippen molar-refractivity contribution in [2.75, 3.05) is 20.7 Å². The molecule has 168 valence electrons. The minimum atomic E-state index is -3.93. The fraction of sp³-hybridized carbons (Fsp3) is 0.208. The van der Waals surface area contributed by atoms with Crippen molar-refractivity contribution in [3.8, 4) is 5.75 Å². The van der Waals surface area contributed by atoms with Gasteiger partial charge in [-0.15, -0.1) is 0 Å². The summed E-state index contributed by atoms with van der Waals surface area (Å²) in [7, 11) is -1.03. The molecule has 0 aliphatic rings. The van der Waals surface area contributed by atoms with Gasteiger partial charge in [0, 0.05) is 31.3 Å². The van der Waals surface area contributed by atoms with Crippen molar-refractivity contribution < 1.29 is 22.3 Å². The number of sulfonamides is 1. The maximum Gasteiger partial charge on any atom is 0.253 e. The van der Waals surface area contributed by atoms with Crippen molar-refractivity contribution in [3.63, 3.8) is 0 Å². The summed E-state index contributed by atoms with van der Waals surface area (Å²) >= 11 is 0. The summed E-state index contributed by atoms with van der Waals surface area (Å²) in [6, 6.07) is 19.9. The number of amides is 1. The fourth-order valence-electron chi connectivity index (χ4n) is 3.25. The summed E-state index contributed by atoms with van der Waals surface area (Å²) in [5.74, 6) is -0.713. The normalized spacial score (nSPS) is 11.2. The second-order valence-electron chi connectivity index (χ2n) is 7.25. The maximum atomic E-state index is 13.9. The molecule has 0 aromatic heterocycles. The second kappa shape index (κ2) is 10.4. The lowest BCUT2D eigenvalue weighted by atomic mass is 10.1. The Kier molecular flexibility index (Phi) is 7.61. The number of carbonyl (C=O) groups is 1. The first-order chi connectivity index (χ1) is 15.3. The first kappa shape index (κ1) is 23.4. The van der Waals surface area contributed by atoms with Crippen molar-refractivity contribution in [2.45, 2.75) is 17.9 Å². The number of rotatable bonds is 9. The number of benzene rings is 3. The molecule has 0 unspecified atom stereocenters. The summed E-state index contributed by atoms with van der Waals surface area (Å²) in [6.07, 6.45) is 0.520. The molecule has 1 N–H and O–H groups in total. The van der Waals surface area contributed by atoms with Crippen LogP contribution in [0, 0.1) is 5.82 Å². The monoisotopic (exact) mass is 456 g/mol. The Hall–Kier alpha value is -3.23. The molecule has 0 saturated carbocycles. The van der Waals surface area contributed by atoms with Gasteiger partial charge in [-0.05, 0) is 36.2 Å². The molecule has 0 fully saturated rings. The first-order valence-electron chi connectivity index (χ1n) is 10.0. The molecule has 8 heteroatoms. The van der Waals surface area contributed by atoms with Crippen LogP contribution in [0.1, 0.15) is 21.5 Å². The third kappa shape index (κ3) is 5.72. The number of methoxy groups -OCH3 is 1. The molecule has 0 bridgehead atoms. The van der Waals surface area contributed by atoms with Gasteiger partial charge >= 0.3 is 0 Å². The van der Waals surface area contributed by atoms with Gasteiger partial charge in [-0.3, -0.25) is 4.79 Å². The molecular weight excluding hydrogens is 431 g/mol. The molecule has 0 saturated heterocycles. The number of halogens is 1. The molecule has 0 radical (unpaired) electrons. The van der Waals surface area contributed by atoms with E-state index in [-0.39, 0.29) is 29.3 Å². The lowest BCUT2D eigenvalue weighted by molar-refractivity contribution is 0.0783. The topological polar surface area (TPSA) is 75.7 Å². The van der Waals surface area contributed by atoms with Crippen molar-refractivity contribution in [2.24, 2.45) is 0 Å². The lowest BCUT2D eigenvalue weighted by Crippen LogP contribution is -2.28. The zero-order valence-electron chi connectivity index (χ0n) is 17.9. The van der Waals surface area contributed by atoms with E-state index in [0.717, 1.165) is 5.56 Å². The Morgan fingerprint density at radius 3 is 2.41 bits per heavy atom. The van der Waals surface area contributed by atoms with E-state index in [0.29, 0.717) is 12.0 Å². The Morgan fingerprint density at radius 2 is 1.72 bits per heavy atom. The number of carbonyl (C=O) groups excluding carboxylic acids is 1. The van der Waals surface area contributed by atoms with E-state index in [4.69, 9.17) is 4.74 Å². The fourth-order valence-corrected chi connectivity index (χ4v) is 4.47. The molecule has 0 spiro atoms. The van der Waals surface area contributed by atoms with Gasteiger partial charge in [0.1, 0.15) is 16.5 Å². The Labute approximate surface area is 187 Å². The van der Waals surface area contributed by atoms with Gasteiger partial charge in [0.15, 0.2) is 0 Å². The third-order valence-corrected chi connectivity index (χ3v) is 6.44. The van der Waals surface area contributed by atoms with Crippen LogP contribution in [0.15, 0.2) is 77.7 Å². The highest BCUT2D eigenvalue weighted by molar-refractivity contribution is 7.89. The van der Waals surface area contributed by atoms with Crippen LogP contribution in [0.3, 0.4) is 0 Å². The van der Waals surface area contributed by atoms with Crippen LogP contribution in [-0.2, 0) is 23.0 Å². The average Bonchev–Trinajstić information content (AvgIpc) is 2.80. The molecule has 3 aromatic carbocycles. The van der Waals surface area contributed by atoms with Gasteiger partial charge in [-0.1, -0.05) is 48.5 Å². The predicted octanol–water partition coefficient (Wildman–Crippen LogP) is 3.63. The summed E-state index contributed by atoms with van der Waals surface area (Å²) in [4.78, 5) is 14.1.